The second-order valence-electron chi connectivity index (χ2n) is 4.33. The molecule has 1 amide bonds. The van der Waals surface area contributed by atoms with E-state index in [4.69, 9.17) is 10.8 Å². The molecule has 0 fully saturated rings. The maximum Gasteiger partial charge on any atom is 0.326 e. The number of aliphatic carboxylic acids is 1. The molecular formula is C11H22N2O3. The van der Waals surface area contributed by atoms with E-state index in [1.165, 1.54) is 0 Å². The summed E-state index contributed by atoms with van der Waals surface area (Å²) in [5.41, 5.74) is 5.30. The van der Waals surface area contributed by atoms with Crippen molar-refractivity contribution >= 4 is 11.9 Å². The summed E-state index contributed by atoms with van der Waals surface area (Å²) in [6, 6.07) is -0.773. The molecule has 0 aliphatic rings. The van der Waals surface area contributed by atoms with E-state index in [0.29, 0.717) is 25.8 Å². The van der Waals surface area contributed by atoms with E-state index in [0.717, 1.165) is 6.42 Å². The normalized spacial score (nSPS) is 12.5. The average molecular weight is 230 g/mol. The Bertz CT molecular complexity index is 229. The van der Waals surface area contributed by atoms with Crippen molar-refractivity contribution in [2.24, 2.45) is 11.7 Å². The Labute approximate surface area is 96.4 Å². The van der Waals surface area contributed by atoms with Crippen molar-refractivity contribution in [3.05, 3.63) is 0 Å². The van der Waals surface area contributed by atoms with E-state index in [9.17, 15) is 9.59 Å². The van der Waals surface area contributed by atoms with Crippen molar-refractivity contribution in [1.82, 2.24) is 5.32 Å². The largest absolute Gasteiger partial charge is 0.480 e. The van der Waals surface area contributed by atoms with Crippen molar-refractivity contribution in [3.63, 3.8) is 0 Å². The monoisotopic (exact) mass is 230 g/mol. The summed E-state index contributed by atoms with van der Waals surface area (Å²) in [4.78, 5) is 22.3. The van der Waals surface area contributed by atoms with E-state index >= 15 is 0 Å². The fourth-order valence-electron chi connectivity index (χ4n) is 1.39. The molecule has 0 aromatic rings. The minimum absolute atomic E-state index is 0.207. The molecule has 0 heterocycles. The Balaban J connectivity index is 3.98. The summed E-state index contributed by atoms with van der Waals surface area (Å²) in [6.45, 7) is 4.41. The molecule has 1 atom stereocenters. The Hall–Kier alpha value is -1.10. The fraction of sp³-hybridized carbons (Fsp3) is 0.818. The van der Waals surface area contributed by atoms with Gasteiger partial charge in [0.1, 0.15) is 6.04 Å². The standard InChI is InChI=1S/C11H22N2O3/c1-8(2)7-9(11(15)16)13-10(14)5-3-4-6-12/h8-9H,3-7,12H2,1-2H3,(H,13,14)(H,15,16)/t9-/m0/s1. The van der Waals surface area contributed by atoms with Gasteiger partial charge in [-0.3, -0.25) is 4.79 Å². The van der Waals surface area contributed by atoms with Gasteiger partial charge in [0.25, 0.3) is 0 Å². The van der Waals surface area contributed by atoms with Gasteiger partial charge < -0.3 is 16.2 Å². The lowest BCUT2D eigenvalue weighted by Crippen LogP contribution is -2.41. The molecule has 0 radical (unpaired) electrons. The summed E-state index contributed by atoms with van der Waals surface area (Å²) in [5.74, 6) is -0.937. The molecule has 0 spiro atoms. The highest BCUT2D eigenvalue weighted by Gasteiger charge is 2.20. The van der Waals surface area contributed by atoms with Crippen LogP contribution in [0.1, 0.15) is 39.5 Å². The minimum atomic E-state index is -0.971. The number of nitrogens with two attached hydrogens (primary N) is 1. The van der Waals surface area contributed by atoms with Crippen LogP contribution in [0.25, 0.3) is 0 Å². The molecule has 0 aliphatic carbocycles. The number of hydrogen-bond donors (Lipinski definition) is 3. The van der Waals surface area contributed by atoms with Gasteiger partial charge in [0.05, 0.1) is 0 Å². The van der Waals surface area contributed by atoms with Gasteiger partial charge in [0.15, 0.2) is 0 Å². The Morgan fingerprint density at radius 2 is 1.94 bits per heavy atom. The van der Waals surface area contributed by atoms with Gasteiger partial charge in [-0.05, 0) is 31.7 Å². The van der Waals surface area contributed by atoms with Crippen molar-refractivity contribution in [3.8, 4) is 0 Å². The molecule has 0 aromatic carbocycles. The van der Waals surface area contributed by atoms with E-state index in [2.05, 4.69) is 5.32 Å². The van der Waals surface area contributed by atoms with Crippen molar-refractivity contribution in [1.29, 1.82) is 0 Å². The molecule has 5 nitrogen and oxygen atoms in total. The van der Waals surface area contributed by atoms with Gasteiger partial charge in [-0.15, -0.1) is 0 Å². The van der Waals surface area contributed by atoms with Crippen molar-refractivity contribution in [2.75, 3.05) is 6.54 Å². The predicted molar refractivity (Wildman–Crippen MR) is 61.9 cm³/mol. The molecule has 94 valence electrons. The number of rotatable bonds is 8. The number of carboxylic acid groups (broad SMARTS) is 1. The van der Waals surface area contributed by atoms with Crippen LogP contribution in [0.5, 0.6) is 0 Å². The van der Waals surface area contributed by atoms with E-state index < -0.39 is 12.0 Å². The van der Waals surface area contributed by atoms with Crippen LogP contribution in [0, 0.1) is 5.92 Å². The summed E-state index contributed by atoms with van der Waals surface area (Å²) in [5, 5.41) is 11.4. The summed E-state index contributed by atoms with van der Waals surface area (Å²) in [6.07, 6.45) is 2.29. The summed E-state index contributed by atoms with van der Waals surface area (Å²) >= 11 is 0. The Kier molecular flexibility index (Phi) is 7.54. The minimum Gasteiger partial charge on any atom is -0.480 e. The van der Waals surface area contributed by atoms with Gasteiger partial charge in [-0.2, -0.15) is 0 Å². The van der Waals surface area contributed by atoms with Crippen LogP contribution in [-0.4, -0.2) is 29.6 Å². The Morgan fingerprint density at radius 3 is 2.38 bits per heavy atom. The van der Waals surface area contributed by atoms with E-state index in [1.807, 2.05) is 13.8 Å². The summed E-state index contributed by atoms with van der Waals surface area (Å²) in [7, 11) is 0. The zero-order valence-electron chi connectivity index (χ0n) is 10.0. The van der Waals surface area contributed by atoms with Crippen LogP contribution in [0.4, 0.5) is 0 Å². The number of carbonyl (C=O) groups is 2. The number of unbranched alkanes of at least 4 members (excludes halogenated alkanes) is 1. The summed E-state index contributed by atoms with van der Waals surface area (Å²) < 4.78 is 0. The highest BCUT2D eigenvalue weighted by molar-refractivity contribution is 5.83. The van der Waals surface area contributed by atoms with Crippen LogP contribution in [0.15, 0.2) is 0 Å². The zero-order valence-corrected chi connectivity index (χ0v) is 10.0. The number of hydrogen-bond acceptors (Lipinski definition) is 3. The van der Waals surface area contributed by atoms with Crippen LogP contribution < -0.4 is 11.1 Å². The molecule has 5 heteroatoms. The molecule has 0 unspecified atom stereocenters. The maximum atomic E-state index is 11.4. The lowest BCUT2D eigenvalue weighted by Gasteiger charge is -2.16. The molecule has 0 saturated carbocycles. The maximum absolute atomic E-state index is 11.4. The molecular weight excluding hydrogens is 208 g/mol. The lowest BCUT2D eigenvalue weighted by molar-refractivity contribution is -0.142. The first-order valence-electron chi connectivity index (χ1n) is 5.69. The molecule has 0 bridgehead atoms. The molecule has 0 rings (SSSR count). The SMILES string of the molecule is CC(C)C[C@H](NC(=O)CCCCN)C(=O)O. The van der Waals surface area contributed by atoms with E-state index in [1.54, 1.807) is 0 Å². The first-order valence-corrected chi connectivity index (χ1v) is 5.69. The number of carboxylic acids is 1. The molecule has 0 aliphatic heterocycles. The predicted octanol–water partition coefficient (Wildman–Crippen LogP) is 0.731. The Morgan fingerprint density at radius 1 is 1.31 bits per heavy atom. The van der Waals surface area contributed by atoms with Crippen molar-refractivity contribution in [2.45, 2.75) is 45.6 Å². The van der Waals surface area contributed by atoms with Crippen LogP contribution in [0.3, 0.4) is 0 Å². The lowest BCUT2D eigenvalue weighted by atomic mass is 10.0. The number of nitrogens with one attached hydrogen (secondary N) is 1. The van der Waals surface area contributed by atoms with Crippen molar-refractivity contribution < 1.29 is 14.7 Å². The number of amides is 1. The highest BCUT2D eigenvalue weighted by atomic mass is 16.4. The smallest absolute Gasteiger partial charge is 0.326 e. The number of carbonyl (C=O) groups excluding carboxylic acids is 1. The highest BCUT2D eigenvalue weighted by Crippen LogP contribution is 2.05. The fourth-order valence-corrected chi connectivity index (χ4v) is 1.39. The molecule has 0 aromatic heterocycles. The third-order valence-corrected chi connectivity index (χ3v) is 2.20. The molecule has 16 heavy (non-hydrogen) atoms. The average Bonchev–Trinajstić information content (AvgIpc) is 2.16. The van der Waals surface area contributed by atoms with E-state index in [-0.39, 0.29) is 11.8 Å². The first kappa shape index (κ1) is 14.9. The van der Waals surface area contributed by atoms with Gasteiger partial charge >= 0.3 is 5.97 Å². The molecule has 0 saturated heterocycles. The molecule has 4 N–H and O–H groups in total. The van der Waals surface area contributed by atoms with Crippen LogP contribution in [0.2, 0.25) is 0 Å². The van der Waals surface area contributed by atoms with Crippen LogP contribution in [-0.2, 0) is 9.59 Å². The van der Waals surface area contributed by atoms with Gasteiger partial charge in [-0.1, -0.05) is 13.8 Å². The van der Waals surface area contributed by atoms with Gasteiger partial charge in [0, 0.05) is 6.42 Å². The third kappa shape index (κ3) is 7.23. The first-order chi connectivity index (χ1) is 7.47. The second-order valence-corrected chi connectivity index (χ2v) is 4.33. The van der Waals surface area contributed by atoms with Crippen LogP contribution >= 0.6 is 0 Å². The zero-order chi connectivity index (χ0) is 12.6. The second kappa shape index (κ2) is 8.10. The van der Waals surface area contributed by atoms with Gasteiger partial charge in [0.2, 0.25) is 5.91 Å². The topological polar surface area (TPSA) is 92.4 Å². The quantitative estimate of drug-likeness (QED) is 0.536. The van der Waals surface area contributed by atoms with Gasteiger partial charge in [-0.25, -0.2) is 4.79 Å². The third-order valence-electron chi connectivity index (χ3n) is 2.20.